The molecule has 0 N–H and O–H groups in total. The number of halogens is 1. The molecule has 3 rings (SSSR count). The summed E-state index contributed by atoms with van der Waals surface area (Å²) in [6.45, 7) is 2.15. The fourth-order valence-electron chi connectivity index (χ4n) is 2.37. The quantitative estimate of drug-likeness (QED) is 0.862. The molecule has 0 atom stereocenters. The molecule has 1 fully saturated rings. The highest BCUT2D eigenvalue weighted by atomic mass is 19.1. The summed E-state index contributed by atoms with van der Waals surface area (Å²) in [6.07, 6.45) is 1.96. The molecule has 0 radical (unpaired) electrons. The number of rotatable bonds is 4. The zero-order chi connectivity index (χ0) is 14.8. The zero-order valence-electron chi connectivity index (χ0n) is 11.9. The average molecular weight is 284 g/mol. The molecule has 108 valence electrons. The number of pyridine rings is 1. The third-order valence-corrected chi connectivity index (χ3v) is 3.65. The van der Waals surface area contributed by atoms with Crippen LogP contribution in [0.2, 0.25) is 0 Å². The molecule has 1 aliphatic rings. The van der Waals surface area contributed by atoms with Crippen LogP contribution in [0, 0.1) is 12.7 Å². The van der Waals surface area contributed by atoms with E-state index >= 15 is 0 Å². The number of amides is 1. The van der Waals surface area contributed by atoms with Crippen LogP contribution in [0.4, 0.5) is 4.39 Å². The number of aryl methyl sites for hydroxylation is 1. The summed E-state index contributed by atoms with van der Waals surface area (Å²) in [7, 11) is 0. The first-order valence-corrected chi connectivity index (χ1v) is 7.13. The van der Waals surface area contributed by atoms with E-state index in [-0.39, 0.29) is 17.8 Å². The van der Waals surface area contributed by atoms with Gasteiger partial charge in [-0.25, -0.2) is 9.37 Å². The van der Waals surface area contributed by atoms with Crippen molar-refractivity contribution in [2.45, 2.75) is 32.4 Å². The van der Waals surface area contributed by atoms with Gasteiger partial charge in [-0.15, -0.1) is 0 Å². The molecule has 21 heavy (non-hydrogen) atoms. The Morgan fingerprint density at radius 3 is 2.67 bits per heavy atom. The Kier molecular flexibility index (Phi) is 3.69. The van der Waals surface area contributed by atoms with E-state index in [0.29, 0.717) is 17.8 Å². The second kappa shape index (κ2) is 5.64. The van der Waals surface area contributed by atoms with E-state index in [1.54, 1.807) is 29.2 Å². The molecule has 3 nitrogen and oxygen atoms in total. The second-order valence-corrected chi connectivity index (χ2v) is 5.42. The summed E-state index contributed by atoms with van der Waals surface area (Å²) >= 11 is 0. The summed E-state index contributed by atoms with van der Waals surface area (Å²) in [5, 5.41) is 0. The number of aromatic nitrogens is 1. The third-order valence-electron chi connectivity index (χ3n) is 3.65. The van der Waals surface area contributed by atoms with E-state index in [1.165, 1.54) is 6.07 Å². The predicted molar refractivity (Wildman–Crippen MR) is 78.3 cm³/mol. The molecular weight excluding hydrogens is 267 g/mol. The van der Waals surface area contributed by atoms with Gasteiger partial charge < -0.3 is 4.90 Å². The van der Waals surface area contributed by atoms with Crippen molar-refractivity contribution in [2.24, 2.45) is 0 Å². The van der Waals surface area contributed by atoms with E-state index in [9.17, 15) is 9.18 Å². The van der Waals surface area contributed by atoms with E-state index in [1.807, 2.05) is 19.1 Å². The van der Waals surface area contributed by atoms with E-state index in [0.717, 1.165) is 18.5 Å². The lowest BCUT2D eigenvalue weighted by Crippen LogP contribution is -2.33. The summed E-state index contributed by atoms with van der Waals surface area (Å²) in [4.78, 5) is 18.7. The van der Waals surface area contributed by atoms with Crippen molar-refractivity contribution in [1.82, 2.24) is 9.88 Å². The van der Waals surface area contributed by atoms with Gasteiger partial charge in [0.25, 0.3) is 5.91 Å². The molecule has 0 saturated heterocycles. The Morgan fingerprint density at radius 2 is 2.00 bits per heavy atom. The van der Waals surface area contributed by atoms with Crippen molar-refractivity contribution in [3.8, 4) is 0 Å². The van der Waals surface area contributed by atoms with Crippen molar-refractivity contribution in [1.29, 1.82) is 0 Å². The molecule has 1 amide bonds. The second-order valence-electron chi connectivity index (χ2n) is 5.42. The Balaban J connectivity index is 1.85. The van der Waals surface area contributed by atoms with Crippen molar-refractivity contribution in [2.75, 3.05) is 0 Å². The highest BCUT2D eigenvalue weighted by Crippen LogP contribution is 2.30. The van der Waals surface area contributed by atoms with Gasteiger partial charge in [0, 0.05) is 23.8 Å². The molecule has 1 heterocycles. The first kappa shape index (κ1) is 13.7. The molecule has 1 aromatic carbocycles. The van der Waals surface area contributed by atoms with Crippen LogP contribution in [0.15, 0.2) is 42.5 Å². The lowest BCUT2D eigenvalue weighted by Gasteiger charge is -2.22. The molecular formula is C17H17FN2O. The third kappa shape index (κ3) is 3.10. The highest BCUT2D eigenvalue weighted by Gasteiger charge is 2.34. The lowest BCUT2D eigenvalue weighted by molar-refractivity contribution is 0.0722. The van der Waals surface area contributed by atoms with Crippen molar-refractivity contribution in [3.63, 3.8) is 0 Å². The first-order chi connectivity index (χ1) is 10.1. The summed E-state index contributed by atoms with van der Waals surface area (Å²) in [5.74, 6) is -0.391. The van der Waals surface area contributed by atoms with Gasteiger partial charge in [-0.05, 0) is 38.0 Å². The minimum absolute atomic E-state index is 0.121. The molecule has 1 aromatic heterocycles. The normalized spacial score (nSPS) is 14.0. The van der Waals surface area contributed by atoms with Crippen LogP contribution < -0.4 is 0 Å². The van der Waals surface area contributed by atoms with E-state index < -0.39 is 0 Å². The van der Waals surface area contributed by atoms with Crippen molar-refractivity contribution in [3.05, 3.63) is 65.2 Å². The number of carbonyl (C=O) groups is 1. The van der Waals surface area contributed by atoms with Gasteiger partial charge in [-0.1, -0.05) is 24.3 Å². The standard InChI is InChI=1S/C17H17FN2O/c1-12-5-4-8-16(19-12)17(21)20(14-9-10-14)11-13-6-2-3-7-15(13)18/h2-8,14H,9-11H2,1H3. The average Bonchev–Trinajstić information content (AvgIpc) is 3.30. The lowest BCUT2D eigenvalue weighted by atomic mass is 10.2. The maximum atomic E-state index is 13.8. The summed E-state index contributed by atoms with van der Waals surface area (Å²) < 4.78 is 13.8. The van der Waals surface area contributed by atoms with Crippen LogP contribution in [-0.2, 0) is 6.54 Å². The monoisotopic (exact) mass is 284 g/mol. The maximum Gasteiger partial charge on any atom is 0.273 e. The van der Waals surface area contributed by atoms with Crippen LogP contribution in [0.5, 0.6) is 0 Å². The Hall–Kier alpha value is -2.23. The van der Waals surface area contributed by atoms with Gasteiger partial charge in [0.1, 0.15) is 11.5 Å². The fraction of sp³-hybridized carbons (Fsp3) is 0.294. The molecule has 4 heteroatoms. The highest BCUT2D eigenvalue weighted by molar-refractivity contribution is 5.92. The zero-order valence-corrected chi connectivity index (χ0v) is 11.9. The number of hydrogen-bond donors (Lipinski definition) is 0. The number of nitrogens with zero attached hydrogens (tertiary/aromatic N) is 2. The van der Waals surface area contributed by atoms with Crippen LogP contribution in [0.1, 0.15) is 34.6 Å². The minimum atomic E-state index is -0.270. The fourth-order valence-corrected chi connectivity index (χ4v) is 2.37. The van der Waals surface area contributed by atoms with Gasteiger partial charge in [0.2, 0.25) is 0 Å². The van der Waals surface area contributed by atoms with Crippen LogP contribution in [0.3, 0.4) is 0 Å². The summed E-state index contributed by atoms with van der Waals surface area (Å²) in [5.41, 5.74) is 1.78. The largest absolute Gasteiger partial charge is 0.330 e. The van der Waals surface area contributed by atoms with Gasteiger partial charge in [0.15, 0.2) is 0 Å². The molecule has 0 unspecified atom stereocenters. The smallest absolute Gasteiger partial charge is 0.273 e. The van der Waals surface area contributed by atoms with Crippen molar-refractivity contribution >= 4 is 5.91 Å². The molecule has 0 bridgehead atoms. The van der Waals surface area contributed by atoms with E-state index in [4.69, 9.17) is 0 Å². The van der Waals surface area contributed by atoms with Gasteiger partial charge >= 0.3 is 0 Å². The van der Waals surface area contributed by atoms with Gasteiger partial charge in [0.05, 0.1) is 0 Å². The number of hydrogen-bond acceptors (Lipinski definition) is 2. The molecule has 0 aliphatic heterocycles. The summed E-state index contributed by atoms with van der Waals surface area (Å²) in [6, 6.07) is 12.2. The van der Waals surface area contributed by atoms with Crippen LogP contribution >= 0.6 is 0 Å². The van der Waals surface area contributed by atoms with Gasteiger partial charge in [-0.2, -0.15) is 0 Å². The Labute approximate surface area is 123 Å². The molecule has 2 aromatic rings. The van der Waals surface area contributed by atoms with Crippen LogP contribution in [-0.4, -0.2) is 21.8 Å². The molecule has 0 spiro atoms. The Bertz CT molecular complexity index is 667. The van der Waals surface area contributed by atoms with Crippen molar-refractivity contribution < 1.29 is 9.18 Å². The first-order valence-electron chi connectivity index (χ1n) is 7.13. The minimum Gasteiger partial charge on any atom is -0.330 e. The predicted octanol–water partition coefficient (Wildman–Crippen LogP) is 3.33. The number of benzene rings is 1. The topological polar surface area (TPSA) is 33.2 Å². The van der Waals surface area contributed by atoms with Gasteiger partial charge in [-0.3, -0.25) is 4.79 Å². The number of carbonyl (C=O) groups excluding carboxylic acids is 1. The van der Waals surface area contributed by atoms with Crippen LogP contribution in [0.25, 0.3) is 0 Å². The maximum absolute atomic E-state index is 13.8. The SMILES string of the molecule is Cc1cccc(C(=O)N(Cc2ccccc2F)C2CC2)n1. The molecule has 1 aliphatic carbocycles. The molecule has 1 saturated carbocycles. The Morgan fingerprint density at radius 1 is 1.24 bits per heavy atom. The van der Waals surface area contributed by atoms with E-state index in [2.05, 4.69) is 4.98 Å².